The summed E-state index contributed by atoms with van der Waals surface area (Å²) >= 11 is 0. The lowest BCUT2D eigenvalue weighted by molar-refractivity contribution is -0.141. The van der Waals surface area contributed by atoms with Gasteiger partial charge in [0.1, 0.15) is 17.6 Å². The molecular weight excluding hydrogens is 269 g/mol. The molecule has 0 bridgehead atoms. The van der Waals surface area contributed by atoms with Gasteiger partial charge in [-0.1, -0.05) is 6.42 Å². The summed E-state index contributed by atoms with van der Waals surface area (Å²) < 4.78 is 38.0. The van der Waals surface area contributed by atoms with Crippen molar-refractivity contribution in [1.82, 2.24) is 10.3 Å². The molecule has 1 aromatic rings. The molecule has 0 radical (unpaired) electrons. The maximum Gasteiger partial charge on any atom is 0.433 e. The van der Waals surface area contributed by atoms with E-state index in [9.17, 15) is 13.2 Å². The number of hydrogen-bond acceptors (Lipinski definition) is 4. The van der Waals surface area contributed by atoms with Gasteiger partial charge in [0.25, 0.3) is 0 Å². The van der Waals surface area contributed by atoms with Crippen LogP contribution in [0.4, 0.5) is 19.0 Å². The maximum atomic E-state index is 12.7. The highest BCUT2D eigenvalue weighted by Crippen LogP contribution is 2.29. The van der Waals surface area contributed by atoms with Gasteiger partial charge in [-0.3, -0.25) is 0 Å². The zero-order valence-electron chi connectivity index (χ0n) is 10.8. The van der Waals surface area contributed by atoms with Crippen molar-refractivity contribution in [1.29, 1.82) is 5.26 Å². The van der Waals surface area contributed by atoms with Crippen molar-refractivity contribution < 1.29 is 13.2 Å². The number of pyridine rings is 1. The van der Waals surface area contributed by atoms with Crippen molar-refractivity contribution >= 4 is 5.82 Å². The normalized spacial score (nSPS) is 20.0. The van der Waals surface area contributed by atoms with Crippen molar-refractivity contribution in [2.45, 2.75) is 31.5 Å². The second-order valence-corrected chi connectivity index (χ2v) is 4.74. The molecular formula is C13H15F3N4. The summed E-state index contributed by atoms with van der Waals surface area (Å²) in [4.78, 5) is 3.55. The highest BCUT2D eigenvalue weighted by Gasteiger charge is 2.33. The highest BCUT2D eigenvalue weighted by atomic mass is 19.4. The van der Waals surface area contributed by atoms with E-state index in [1.54, 1.807) is 0 Å². The van der Waals surface area contributed by atoms with Crippen molar-refractivity contribution in [2.75, 3.05) is 18.4 Å². The van der Waals surface area contributed by atoms with Crippen LogP contribution in [-0.2, 0) is 6.18 Å². The zero-order chi connectivity index (χ0) is 14.6. The van der Waals surface area contributed by atoms with Crippen molar-refractivity contribution in [3.63, 3.8) is 0 Å². The molecule has 2 N–H and O–H groups in total. The Balaban J connectivity index is 2.22. The molecule has 1 aliphatic rings. The Hall–Kier alpha value is -1.81. The zero-order valence-corrected chi connectivity index (χ0v) is 10.8. The van der Waals surface area contributed by atoms with Gasteiger partial charge in [0.2, 0.25) is 0 Å². The Bertz CT molecular complexity index is 499. The molecule has 0 aliphatic carbocycles. The molecule has 4 nitrogen and oxygen atoms in total. The molecule has 7 heteroatoms. The van der Waals surface area contributed by atoms with Gasteiger partial charge in [0, 0.05) is 12.6 Å². The van der Waals surface area contributed by atoms with E-state index in [1.807, 2.05) is 6.07 Å². The molecule has 2 rings (SSSR count). The van der Waals surface area contributed by atoms with Gasteiger partial charge in [0.05, 0.1) is 5.56 Å². The first-order valence-corrected chi connectivity index (χ1v) is 6.46. The summed E-state index contributed by atoms with van der Waals surface area (Å²) in [5.41, 5.74) is -0.858. The van der Waals surface area contributed by atoms with E-state index >= 15 is 0 Å². The number of hydrogen-bond donors (Lipinski definition) is 2. The van der Waals surface area contributed by atoms with Gasteiger partial charge in [-0.15, -0.1) is 0 Å². The molecule has 0 aromatic carbocycles. The first-order chi connectivity index (χ1) is 9.50. The number of alkyl halides is 3. The average Bonchev–Trinajstić information content (AvgIpc) is 2.66. The minimum absolute atomic E-state index is 0.0102. The predicted molar refractivity (Wildman–Crippen MR) is 68.1 cm³/mol. The highest BCUT2D eigenvalue weighted by molar-refractivity contribution is 5.53. The van der Waals surface area contributed by atoms with Crippen LogP contribution in [0.1, 0.15) is 30.5 Å². The fraction of sp³-hybridized carbons (Fsp3) is 0.538. The monoisotopic (exact) mass is 284 g/mol. The van der Waals surface area contributed by atoms with Crippen molar-refractivity contribution in [3.8, 4) is 6.07 Å². The Morgan fingerprint density at radius 2 is 2.15 bits per heavy atom. The van der Waals surface area contributed by atoms with E-state index in [1.165, 1.54) is 0 Å². The van der Waals surface area contributed by atoms with Gasteiger partial charge in [0.15, 0.2) is 0 Å². The SMILES string of the molecule is N#Cc1ccc(C(F)(F)F)nc1NC1CCCCNC1. The van der Waals surface area contributed by atoms with Crippen molar-refractivity contribution in [2.24, 2.45) is 0 Å². The third kappa shape index (κ3) is 3.61. The lowest BCUT2D eigenvalue weighted by atomic mass is 10.1. The predicted octanol–water partition coefficient (Wildman–Crippen LogP) is 2.53. The Morgan fingerprint density at radius 1 is 1.35 bits per heavy atom. The number of rotatable bonds is 2. The summed E-state index contributed by atoms with van der Waals surface area (Å²) in [6.45, 7) is 1.56. The fourth-order valence-corrected chi connectivity index (χ4v) is 2.15. The summed E-state index contributed by atoms with van der Waals surface area (Å²) in [6, 6.07) is 3.84. The van der Waals surface area contributed by atoms with E-state index in [2.05, 4.69) is 15.6 Å². The molecule has 20 heavy (non-hydrogen) atoms. The Labute approximate surface area is 115 Å². The van der Waals surface area contributed by atoms with Crippen LogP contribution in [-0.4, -0.2) is 24.1 Å². The molecule has 1 aliphatic heterocycles. The lowest BCUT2D eigenvalue weighted by Crippen LogP contribution is -2.31. The number of nitrogens with one attached hydrogen (secondary N) is 2. The molecule has 0 spiro atoms. The average molecular weight is 284 g/mol. The Morgan fingerprint density at radius 3 is 2.85 bits per heavy atom. The number of nitrogens with zero attached hydrogens (tertiary/aromatic N) is 2. The first-order valence-electron chi connectivity index (χ1n) is 6.46. The molecule has 0 saturated carbocycles. The largest absolute Gasteiger partial charge is 0.433 e. The van der Waals surface area contributed by atoms with Gasteiger partial charge in [-0.25, -0.2) is 4.98 Å². The number of aromatic nitrogens is 1. The fourth-order valence-electron chi connectivity index (χ4n) is 2.15. The standard InChI is InChI=1S/C13H15F3N4/c14-13(15,16)11-5-4-9(7-17)12(20-11)19-10-3-1-2-6-18-8-10/h4-5,10,18H,1-3,6,8H2,(H,19,20). The van der Waals surface area contributed by atoms with Crippen LogP contribution in [0, 0.1) is 11.3 Å². The molecule has 2 heterocycles. The van der Waals surface area contributed by atoms with Crippen LogP contribution in [0.15, 0.2) is 12.1 Å². The molecule has 0 amide bonds. The van der Waals surface area contributed by atoms with E-state index in [0.29, 0.717) is 6.54 Å². The summed E-state index contributed by atoms with van der Waals surface area (Å²) in [5.74, 6) is 0.0102. The lowest BCUT2D eigenvalue weighted by Gasteiger charge is -2.18. The van der Waals surface area contributed by atoms with Gasteiger partial charge >= 0.3 is 6.18 Å². The quantitative estimate of drug-likeness (QED) is 0.876. The summed E-state index contributed by atoms with van der Waals surface area (Å²) in [6.07, 6.45) is -1.63. The number of nitriles is 1. The second-order valence-electron chi connectivity index (χ2n) is 4.74. The molecule has 1 aromatic heterocycles. The molecule has 1 fully saturated rings. The summed E-state index contributed by atoms with van der Waals surface area (Å²) in [7, 11) is 0. The summed E-state index contributed by atoms with van der Waals surface area (Å²) in [5, 5.41) is 15.1. The topological polar surface area (TPSA) is 60.7 Å². The van der Waals surface area contributed by atoms with E-state index in [-0.39, 0.29) is 17.4 Å². The first kappa shape index (κ1) is 14.6. The minimum Gasteiger partial charge on any atom is -0.365 e. The minimum atomic E-state index is -4.51. The van der Waals surface area contributed by atoms with E-state index in [4.69, 9.17) is 5.26 Å². The van der Waals surface area contributed by atoms with Crippen LogP contribution in [0.25, 0.3) is 0 Å². The van der Waals surface area contributed by atoms with Gasteiger partial charge in [-0.2, -0.15) is 18.4 Å². The van der Waals surface area contributed by atoms with Crippen LogP contribution < -0.4 is 10.6 Å². The molecule has 1 atom stereocenters. The van der Waals surface area contributed by atoms with Gasteiger partial charge in [-0.05, 0) is 31.5 Å². The van der Waals surface area contributed by atoms with Crippen LogP contribution >= 0.6 is 0 Å². The molecule has 1 saturated heterocycles. The van der Waals surface area contributed by atoms with Crippen LogP contribution in [0.5, 0.6) is 0 Å². The number of anilines is 1. The van der Waals surface area contributed by atoms with E-state index < -0.39 is 11.9 Å². The maximum absolute atomic E-state index is 12.7. The van der Waals surface area contributed by atoms with E-state index in [0.717, 1.165) is 37.9 Å². The van der Waals surface area contributed by atoms with Crippen molar-refractivity contribution in [3.05, 3.63) is 23.4 Å². The van der Waals surface area contributed by atoms with Gasteiger partial charge < -0.3 is 10.6 Å². The molecule has 1 unspecified atom stereocenters. The third-order valence-electron chi connectivity index (χ3n) is 3.19. The molecule has 108 valence electrons. The smallest absolute Gasteiger partial charge is 0.365 e. The third-order valence-corrected chi connectivity index (χ3v) is 3.19. The van der Waals surface area contributed by atoms with Crippen LogP contribution in [0.3, 0.4) is 0 Å². The Kier molecular flexibility index (Phi) is 4.45. The van der Waals surface area contributed by atoms with Crippen LogP contribution in [0.2, 0.25) is 0 Å². The number of halogens is 3. The second kappa shape index (κ2) is 6.09.